The fraction of sp³-hybridized carbons (Fsp3) is 0.381. The fourth-order valence-corrected chi connectivity index (χ4v) is 3.31. The minimum absolute atomic E-state index is 0.0257. The lowest BCUT2D eigenvalue weighted by Gasteiger charge is -2.34. The van der Waals surface area contributed by atoms with E-state index < -0.39 is 0 Å². The molecule has 1 amide bonds. The Kier molecular flexibility index (Phi) is 6.61. The van der Waals surface area contributed by atoms with E-state index in [9.17, 15) is 9.18 Å². The molecule has 0 aromatic heterocycles. The number of likely N-dealkylation sites (tertiary alicyclic amines) is 1. The summed E-state index contributed by atoms with van der Waals surface area (Å²) >= 11 is 0. The van der Waals surface area contributed by atoms with Crippen LogP contribution in [-0.2, 0) is 11.3 Å². The highest BCUT2D eigenvalue weighted by Gasteiger charge is 2.28. The molecule has 1 atom stereocenters. The number of hydrogen-bond acceptors (Lipinski definition) is 3. The Morgan fingerprint density at radius 2 is 1.88 bits per heavy atom. The minimum atomic E-state index is -0.389. The van der Waals surface area contributed by atoms with Crippen molar-refractivity contribution >= 4 is 5.91 Å². The van der Waals surface area contributed by atoms with Crippen LogP contribution in [0.15, 0.2) is 54.6 Å². The molecular weight excluding hydrogens is 331 g/mol. The van der Waals surface area contributed by atoms with Gasteiger partial charge in [0.1, 0.15) is 6.61 Å². The average Bonchev–Trinajstić information content (AvgIpc) is 2.67. The number of para-hydroxylation sites is 1. The molecule has 1 aliphatic heterocycles. The number of nitrogens with one attached hydrogen (secondary N) is 1. The third-order valence-corrected chi connectivity index (χ3v) is 4.64. The second-order valence-electron chi connectivity index (χ2n) is 6.54. The summed E-state index contributed by atoms with van der Waals surface area (Å²) in [6.45, 7) is 2.32. The van der Waals surface area contributed by atoms with Crippen molar-refractivity contribution in [1.82, 2.24) is 10.2 Å². The maximum Gasteiger partial charge on any atom is 0.237 e. The molecule has 0 unspecified atom stereocenters. The Labute approximate surface area is 154 Å². The molecule has 1 N–H and O–H groups in total. The number of hydrogen-bond donors (Lipinski definition) is 1. The van der Waals surface area contributed by atoms with Crippen LogP contribution in [0.3, 0.4) is 0 Å². The Morgan fingerprint density at radius 1 is 1.12 bits per heavy atom. The zero-order valence-electron chi connectivity index (χ0n) is 14.9. The molecule has 1 aliphatic rings. The monoisotopic (exact) mass is 356 g/mol. The van der Waals surface area contributed by atoms with Crippen molar-refractivity contribution in [1.29, 1.82) is 0 Å². The van der Waals surface area contributed by atoms with Gasteiger partial charge in [-0.2, -0.15) is 0 Å². The molecule has 0 radical (unpaired) electrons. The first-order valence-electron chi connectivity index (χ1n) is 9.17. The first-order valence-corrected chi connectivity index (χ1v) is 9.17. The van der Waals surface area contributed by atoms with Crippen molar-refractivity contribution in [2.75, 3.05) is 19.7 Å². The first kappa shape index (κ1) is 18.4. The smallest absolute Gasteiger partial charge is 0.237 e. The molecule has 2 aromatic carbocycles. The number of nitrogens with zero attached hydrogens (tertiary/aromatic N) is 1. The summed E-state index contributed by atoms with van der Waals surface area (Å²) in [6.07, 6.45) is 3.05. The molecule has 2 aromatic rings. The van der Waals surface area contributed by atoms with Crippen LogP contribution in [0.5, 0.6) is 5.75 Å². The van der Waals surface area contributed by atoms with E-state index in [1.807, 2.05) is 18.2 Å². The topological polar surface area (TPSA) is 41.6 Å². The Balaban J connectivity index is 1.48. The highest BCUT2D eigenvalue weighted by molar-refractivity contribution is 5.81. The number of piperidine rings is 1. The van der Waals surface area contributed by atoms with E-state index in [0.717, 1.165) is 32.4 Å². The number of amides is 1. The summed E-state index contributed by atoms with van der Waals surface area (Å²) in [7, 11) is 0. The molecule has 0 spiro atoms. The quantitative estimate of drug-likeness (QED) is 0.774. The van der Waals surface area contributed by atoms with Crippen molar-refractivity contribution < 1.29 is 13.9 Å². The second kappa shape index (κ2) is 9.34. The third-order valence-electron chi connectivity index (χ3n) is 4.64. The lowest BCUT2D eigenvalue weighted by atomic mass is 10.0. The van der Waals surface area contributed by atoms with Crippen LogP contribution in [-0.4, -0.2) is 36.5 Å². The van der Waals surface area contributed by atoms with Crippen LogP contribution in [0.2, 0.25) is 0 Å². The number of rotatable bonds is 7. The highest BCUT2D eigenvalue weighted by Crippen LogP contribution is 2.20. The van der Waals surface area contributed by atoms with Gasteiger partial charge in [-0.25, -0.2) is 4.39 Å². The number of halogens is 1. The van der Waals surface area contributed by atoms with Crippen molar-refractivity contribution in [2.24, 2.45) is 0 Å². The molecule has 0 bridgehead atoms. The molecule has 138 valence electrons. The van der Waals surface area contributed by atoms with Gasteiger partial charge in [-0.05, 0) is 37.1 Å². The summed E-state index contributed by atoms with van der Waals surface area (Å²) in [5.41, 5.74) is 1.22. The molecule has 1 heterocycles. The van der Waals surface area contributed by atoms with Crippen LogP contribution in [0.4, 0.5) is 4.39 Å². The van der Waals surface area contributed by atoms with Gasteiger partial charge < -0.3 is 10.1 Å². The predicted octanol–water partition coefficient (Wildman–Crippen LogP) is 3.38. The number of carbonyl (C=O) groups excluding carboxylic acids is 1. The normalized spacial score (nSPS) is 17.7. The number of benzene rings is 2. The molecule has 3 rings (SSSR count). The summed E-state index contributed by atoms with van der Waals surface area (Å²) in [4.78, 5) is 14.8. The summed E-state index contributed by atoms with van der Waals surface area (Å²) in [5.74, 6) is -0.150. The molecular formula is C21H25FN2O2. The van der Waals surface area contributed by atoms with Crippen LogP contribution in [0.25, 0.3) is 0 Å². The van der Waals surface area contributed by atoms with Crippen molar-refractivity contribution in [3.63, 3.8) is 0 Å². The van der Waals surface area contributed by atoms with Crippen LogP contribution < -0.4 is 10.1 Å². The number of ether oxygens (including phenoxy) is 1. The van der Waals surface area contributed by atoms with E-state index in [-0.39, 0.29) is 30.1 Å². The van der Waals surface area contributed by atoms with Crippen LogP contribution in [0, 0.1) is 5.82 Å². The van der Waals surface area contributed by atoms with Gasteiger partial charge in [0.2, 0.25) is 5.91 Å². The van der Waals surface area contributed by atoms with E-state index in [1.54, 1.807) is 18.2 Å². The van der Waals surface area contributed by atoms with Crippen molar-refractivity contribution in [2.45, 2.75) is 31.8 Å². The van der Waals surface area contributed by atoms with E-state index in [1.165, 1.54) is 11.6 Å². The minimum Gasteiger partial charge on any atom is -0.489 e. The standard InChI is InChI=1S/C21H25FN2O2/c22-18-10-4-5-12-20(18)26-15-13-23-21(25)19-11-6-7-14-24(19)16-17-8-2-1-3-9-17/h1-5,8-10,12,19H,6-7,11,13-16H2,(H,23,25)/t19-/m0/s1. The maximum absolute atomic E-state index is 13.5. The van der Waals surface area contributed by atoms with Gasteiger partial charge in [0.05, 0.1) is 12.6 Å². The lowest BCUT2D eigenvalue weighted by molar-refractivity contribution is -0.128. The van der Waals surface area contributed by atoms with Gasteiger partial charge in [0.25, 0.3) is 0 Å². The number of carbonyl (C=O) groups is 1. The van der Waals surface area contributed by atoms with E-state index in [4.69, 9.17) is 4.74 Å². The Bertz CT molecular complexity index is 708. The summed E-state index contributed by atoms with van der Waals surface area (Å²) in [5, 5.41) is 2.93. The van der Waals surface area contributed by atoms with Gasteiger partial charge in [-0.1, -0.05) is 48.9 Å². The molecule has 0 aliphatic carbocycles. The van der Waals surface area contributed by atoms with E-state index >= 15 is 0 Å². The summed E-state index contributed by atoms with van der Waals surface area (Å²) in [6, 6.07) is 16.4. The highest BCUT2D eigenvalue weighted by atomic mass is 19.1. The van der Waals surface area contributed by atoms with Gasteiger partial charge in [0.15, 0.2) is 11.6 Å². The maximum atomic E-state index is 13.5. The molecule has 4 nitrogen and oxygen atoms in total. The zero-order chi connectivity index (χ0) is 18.2. The third kappa shape index (κ3) is 5.05. The average molecular weight is 356 g/mol. The Hall–Kier alpha value is -2.40. The molecule has 1 saturated heterocycles. The van der Waals surface area contributed by atoms with E-state index in [0.29, 0.717) is 6.54 Å². The predicted molar refractivity (Wildman–Crippen MR) is 99.4 cm³/mol. The molecule has 0 saturated carbocycles. The Morgan fingerprint density at radius 3 is 2.69 bits per heavy atom. The second-order valence-corrected chi connectivity index (χ2v) is 6.54. The molecule has 5 heteroatoms. The SMILES string of the molecule is O=C(NCCOc1ccccc1F)[C@@H]1CCCCN1Cc1ccccc1. The van der Waals surface area contributed by atoms with Crippen molar-refractivity contribution in [3.05, 3.63) is 66.0 Å². The van der Waals surface area contributed by atoms with E-state index in [2.05, 4.69) is 22.3 Å². The van der Waals surface area contributed by atoms with Gasteiger partial charge in [-0.3, -0.25) is 9.69 Å². The fourth-order valence-electron chi connectivity index (χ4n) is 3.31. The van der Waals surface area contributed by atoms with Gasteiger partial charge in [-0.15, -0.1) is 0 Å². The van der Waals surface area contributed by atoms with Gasteiger partial charge >= 0.3 is 0 Å². The zero-order valence-corrected chi connectivity index (χ0v) is 14.9. The largest absolute Gasteiger partial charge is 0.489 e. The van der Waals surface area contributed by atoms with Crippen LogP contribution in [0.1, 0.15) is 24.8 Å². The first-order chi connectivity index (χ1) is 12.7. The van der Waals surface area contributed by atoms with Crippen LogP contribution >= 0.6 is 0 Å². The lowest BCUT2D eigenvalue weighted by Crippen LogP contribution is -2.49. The molecule has 26 heavy (non-hydrogen) atoms. The molecule has 1 fully saturated rings. The van der Waals surface area contributed by atoms with Gasteiger partial charge in [0, 0.05) is 6.54 Å². The van der Waals surface area contributed by atoms with Crippen molar-refractivity contribution in [3.8, 4) is 5.75 Å². The summed E-state index contributed by atoms with van der Waals surface area (Å²) < 4.78 is 18.9.